The molecular weight excluding hydrogens is 294 g/mol. The van der Waals surface area contributed by atoms with Crippen molar-refractivity contribution in [1.29, 1.82) is 5.26 Å². The smallest absolute Gasteiger partial charge is 0.243 e. The summed E-state index contributed by atoms with van der Waals surface area (Å²) in [7, 11) is 0. The number of anilines is 1. The second kappa shape index (κ2) is 5.87. The van der Waals surface area contributed by atoms with Crippen LogP contribution in [0.25, 0.3) is 0 Å². The number of carbonyl (C=O) groups excluding carboxylic acids is 1. The molecule has 18 heavy (non-hydrogen) atoms. The van der Waals surface area contributed by atoms with Crippen molar-refractivity contribution in [2.24, 2.45) is 0 Å². The Labute approximate surface area is 115 Å². The maximum Gasteiger partial charge on any atom is 0.243 e. The Morgan fingerprint density at radius 3 is 2.83 bits per heavy atom. The van der Waals surface area contributed by atoms with Crippen LogP contribution in [0.15, 0.2) is 28.7 Å². The van der Waals surface area contributed by atoms with Crippen molar-refractivity contribution in [2.45, 2.75) is 18.9 Å². The first-order valence-electron chi connectivity index (χ1n) is 5.89. The van der Waals surface area contributed by atoms with Gasteiger partial charge in [-0.05, 0) is 30.7 Å². The van der Waals surface area contributed by atoms with Gasteiger partial charge in [0.1, 0.15) is 6.04 Å². The molecule has 1 saturated heterocycles. The number of carbonyl (C=O) groups is 1. The fourth-order valence-corrected chi connectivity index (χ4v) is 2.37. The van der Waals surface area contributed by atoms with Crippen LogP contribution in [0, 0.1) is 11.3 Å². The standard InChI is InChI=1S/C13H14BrN3O/c14-10-2-4-11(5-3-10)17-9-1-8-16-13(18)12(17)6-7-15/h2-5,12H,1,6,8-9H2,(H,16,18). The third-order valence-corrected chi connectivity index (χ3v) is 3.53. The summed E-state index contributed by atoms with van der Waals surface area (Å²) in [4.78, 5) is 14.0. The van der Waals surface area contributed by atoms with Crippen molar-refractivity contribution in [3.63, 3.8) is 0 Å². The normalized spacial score (nSPS) is 19.9. The van der Waals surface area contributed by atoms with E-state index in [1.165, 1.54) is 0 Å². The molecule has 94 valence electrons. The summed E-state index contributed by atoms with van der Waals surface area (Å²) < 4.78 is 1.00. The molecule has 0 aromatic heterocycles. The maximum absolute atomic E-state index is 11.9. The predicted molar refractivity (Wildman–Crippen MR) is 73.1 cm³/mol. The third kappa shape index (κ3) is 2.82. The highest BCUT2D eigenvalue weighted by Gasteiger charge is 2.27. The number of amides is 1. The number of halogens is 1. The van der Waals surface area contributed by atoms with Crippen molar-refractivity contribution in [1.82, 2.24) is 5.32 Å². The number of hydrogen-bond donors (Lipinski definition) is 1. The summed E-state index contributed by atoms with van der Waals surface area (Å²) in [6.07, 6.45) is 1.10. The van der Waals surface area contributed by atoms with Gasteiger partial charge in [0.15, 0.2) is 0 Å². The SMILES string of the molecule is N#CCC1C(=O)NCCCN1c1ccc(Br)cc1. The van der Waals surface area contributed by atoms with E-state index >= 15 is 0 Å². The third-order valence-electron chi connectivity index (χ3n) is 3.00. The molecule has 1 fully saturated rings. The van der Waals surface area contributed by atoms with Crippen molar-refractivity contribution in [3.8, 4) is 6.07 Å². The van der Waals surface area contributed by atoms with Crippen LogP contribution >= 0.6 is 15.9 Å². The molecule has 0 aliphatic carbocycles. The number of nitrogens with one attached hydrogen (secondary N) is 1. The second-order valence-electron chi connectivity index (χ2n) is 4.19. The van der Waals surface area contributed by atoms with Gasteiger partial charge in [0, 0.05) is 23.2 Å². The lowest BCUT2D eigenvalue weighted by Crippen LogP contribution is -2.44. The molecule has 0 radical (unpaired) electrons. The number of benzene rings is 1. The molecule has 4 nitrogen and oxygen atoms in total. The summed E-state index contributed by atoms with van der Waals surface area (Å²) >= 11 is 3.39. The van der Waals surface area contributed by atoms with Crippen LogP contribution < -0.4 is 10.2 Å². The van der Waals surface area contributed by atoms with E-state index in [-0.39, 0.29) is 12.3 Å². The second-order valence-corrected chi connectivity index (χ2v) is 5.11. The van der Waals surface area contributed by atoms with Crippen LogP contribution in [0.4, 0.5) is 5.69 Å². The Hall–Kier alpha value is -1.54. The van der Waals surface area contributed by atoms with E-state index in [1.807, 2.05) is 29.2 Å². The Kier molecular flexibility index (Phi) is 4.21. The van der Waals surface area contributed by atoms with E-state index < -0.39 is 6.04 Å². The van der Waals surface area contributed by atoms with Crippen molar-refractivity contribution in [3.05, 3.63) is 28.7 Å². The van der Waals surface area contributed by atoms with Gasteiger partial charge in [-0.25, -0.2) is 0 Å². The van der Waals surface area contributed by atoms with E-state index in [1.54, 1.807) is 0 Å². The minimum atomic E-state index is -0.390. The summed E-state index contributed by atoms with van der Waals surface area (Å²) in [6.45, 7) is 1.46. The van der Waals surface area contributed by atoms with E-state index in [9.17, 15) is 4.79 Å². The first-order valence-corrected chi connectivity index (χ1v) is 6.68. The molecule has 0 bridgehead atoms. The molecular formula is C13H14BrN3O. The fraction of sp³-hybridized carbons (Fsp3) is 0.385. The summed E-state index contributed by atoms with van der Waals surface area (Å²) in [6, 6.07) is 9.53. The Balaban J connectivity index is 2.29. The van der Waals surface area contributed by atoms with Crippen LogP contribution in [0.5, 0.6) is 0 Å². The predicted octanol–water partition coefficient (Wildman–Crippen LogP) is 2.06. The van der Waals surface area contributed by atoms with Gasteiger partial charge in [0.05, 0.1) is 12.5 Å². The first kappa shape index (κ1) is 12.9. The topological polar surface area (TPSA) is 56.1 Å². The van der Waals surface area contributed by atoms with Gasteiger partial charge in [-0.1, -0.05) is 15.9 Å². The van der Waals surface area contributed by atoms with Gasteiger partial charge in [0.25, 0.3) is 0 Å². The maximum atomic E-state index is 11.9. The van der Waals surface area contributed by atoms with Gasteiger partial charge in [-0.3, -0.25) is 4.79 Å². The van der Waals surface area contributed by atoms with Crippen molar-refractivity contribution in [2.75, 3.05) is 18.0 Å². The van der Waals surface area contributed by atoms with Crippen molar-refractivity contribution < 1.29 is 4.79 Å². The summed E-state index contributed by atoms with van der Waals surface area (Å²) in [5.41, 5.74) is 0.982. The molecule has 5 heteroatoms. The van der Waals surface area contributed by atoms with Crippen LogP contribution in [0.1, 0.15) is 12.8 Å². The lowest BCUT2D eigenvalue weighted by molar-refractivity contribution is -0.121. The molecule has 1 aliphatic rings. The zero-order valence-electron chi connectivity index (χ0n) is 9.90. The zero-order valence-corrected chi connectivity index (χ0v) is 11.5. The van der Waals surface area contributed by atoms with Crippen LogP contribution in [-0.4, -0.2) is 25.0 Å². The molecule has 1 amide bonds. The van der Waals surface area contributed by atoms with Gasteiger partial charge in [-0.15, -0.1) is 0 Å². The monoisotopic (exact) mass is 307 g/mol. The molecule has 0 saturated carbocycles. The highest BCUT2D eigenvalue weighted by atomic mass is 79.9. The molecule has 0 spiro atoms. The quantitative estimate of drug-likeness (QED) is 0.910. The number of rotatable bonds is 2. The zero-order chi connectivity index (χ0) is 13.0. The number of hydrogen-bond acceptors (Lipinski definition) is 3. The Bertz CT molecular complexity index is 466. The lowest BCUT2D eigenvalue weighted by atomic mass is 10.1. The molecule has 1 aromatic rings. The fourth-order valence-electron chi connectivity index (χ4n) is 2.11. The van der Waals surface area contributed by atoms with Gasteiger partial charge >= 0.3 is 0 Å². The molecule has 2 rings (SSSR count). The lowest BCUT2D eigenvalue weighted by Gasteiger charge is -2.29. The highest BCUT2D eigenvalue weighted by Crippen LogP contribution is 2.22. The summed E-state index contributed by atoms with van der Waals surface area (Å²) in [5.74, 6) is -0.0584. The van der Waals surface area contributed by atoms with Crippen LogP contribution in [0.3, 0.4) is 0 Å². The van der Waals surface area contributed by atoms with Gasteiger partial charge in [-0.2, -0.15) is 5.26 Å². The summed E-state index contributed by atoms with van der Waals surface area (Å²) in [5, 5.41) is 11.7. The van der Waals surface area contributed by atoms with E-state index in [2.05, 4.69) is 27.3 Å². The highest BCUT2D eigenvalue weighted by molar-refractivity contribution is 9.10. The minimum absolute atomic E-state index is 0.0584. The average molecular weight is 308 g/mol. The van der Waals surface area contributed by atoms with E-state index in [0.29, 0.717) is 6.54 Å². The average Bonchev–Trinajstić information content (AvgIpc) is 2.54. The van der Waals surface area contributed by atoms with Crippen LogP contribution in [-0.2, 0) is 4.79 Å². The van der Waals surface area contributed by atoms with E-state index in [0.717, 1.165) is 23.1 Å². The Morgan fingerprint density at radius 1 is 1.44 bits per heavy atom. The molecule has 1 aliphatic heterocycles. The Morgan fingerprint density at radius 2 is 2.17 bits per heavy atom. The van der Waals surface area contributed by atoms with Crippen molar-refractivity contribution >= 4 is 27.5 Å². The molecule has 1 unspecified atom stereocenters. The van der Waals surface area contributed by atoms with Gasteiger partial charge in [0.2, 0.25) is 5.91 Å². The number of nitrogens with zero attached hydrogens (tertiary/aromatic N) is 2. The first-order chi connectivity index (χ1) is 8.72. The molecule has 1 aromatic carbocycles. The largest absolute Gasteiger partial charge is 0.359 e. The number of nitriles is 1. The molecule has 1 N–H and O–H groups in total. The van der Waals surface area contributed by atoms with E-state index in [4.69, 9.17) is 5.26 Å². The van der Waals surface area contributed by atoms with Crippen LogP contribution in [0.2, 0.25) is 0 Å². The minimum Gasteiger partial charge on any atom is -0.359 e. The molecule has 1 atom stereocenters. The molecule has 1 heterocycles. The van der Waals surface area contributed by atoms with Gasteiger partial charge < -0.3 is 10.2 Å².